The fourth-order valence-electron chi connectivity index (χ4n) is 3.47. The van der Waals surface area contributed by atoms with E-state index in [4.69, 9.17) is 10.5 Å². The molecule has 0 aliphatic carbocycles. The third-order valence-corrected chi connectivity index (χ3v) is 4.76. The Balaban J connectivity index is 2.26. The van der Waals surface area contributed by atoms with Gasteiger partial charge in [0.1, 0.15) is 12.6 Å². The van der Waals surface area contributed by atoms with Crippen LogP contribution in [0.1, 0.15) is 25.8 Å². The number of morpholine rings is 1. The molecule has 3 N–H and O–H groups in total. The summed E-state index contributed by atoms with van der Waals surface area (Å²) in [5, 5.41) is 2.38. The number of benzene rings is 1. The van der Waals surface area contributed by atoms with Crippen LogP contribution in [0.3, 0.4) is 0 Å². The third-order valence-electron chi connectivity index (χ3n) is 4.76. The number of halogens is 5. The van der Waals surface area contributed by atoms with Gasteiger partial charge in [-0.2, -0.15) is 13.2 Å². The fraction of sp³-hybridized carbons (Fsp3) is 0.600. The molecule has 1 atom stereocenters. The zero-order valence-electron chi connectivity index (χ0n) is 17.8. The average molecular weight is 466 g/mol. The van der Waals surface area contributed by atoms with E-state index in [-0.39, 0.29) is 43.6 Å². The fourth-order valence-corrected chi connectivity index (χ4v) is 3.47. The first-order chi connectivity index (χ1) is 14.9. The van der Waals surface area contributed by atoms with Gasteiger partial charge in [0.2, 0.25) is 5.91 Å². The predicted octanol–water partition coefficient (Wildman–Crippen LogP) is 2.77. The lowest BCUT2D eigenvalue weighted by molar-refractivity contribution is -0.154. The number of amides is 2. The molecule has 0 spiro atoms. The van der Waals surface area contributed by atoms with Gasteiger partial charge in [-0.25, -0.2) is 8.78 Å². The monoisotopic (exact) mass is 466 g/mol. The second kappa shape index (κ2) is 11.0. The quantitative estimate of drug-likeness (QED) is 0.547. The van der Waals surface area contributed by atoms with Crippen LogP contribution in [0.4, 0.5) is 33.3 Å². The molecule has 2 amide bonds. The largest absolute Gasteiger partial charge is 0.401 e. The van der Waals surface area contributed by atoms with Gasteiger partial charge in [0.25, 0.3) is 12.3 Å². The summed E-state index contributed by atoms with van der Waals surface area (Å²) < 4.78 is 71.3. The smallest absolute Gasteiger partial charge is 0.370 e. The standard InChI is InChI=1S/C20H27F5N4O3/c1-12(2)9-28(11-20(23,24)25)16(8-26)19(31)27-13-3-4-15(14(7-13)18(21)22)29-5-6-32-10-17(29)30/h3-4,7,12,16,18H,5-6,8-11,26H2,1-2H3,(H,27,31)/t16-/m1/s1. The molecule has 1 aliphatic rings. The highest BCUT2D eigenvalue weighted by atomic mass is 19.4. The topological polar surface area (TPSA) is 87.9 Å². The molecule has 32 heavy (non-hydrogen) atoms. The van der Waals surface area contributed by atoms with E-state index in [1.54, 1.807) is 13.8 Å². The van der Waals surface area contributed by atoms with Crippen molar-refractivity contribution in [1.82, 2.24) is 4.90 Å². The van der Waals surface area contributed by atoms with Gasteiger partial charge < -0.3 is 20.7 Å². The summed E-state index contributed by atoms with van der Waals surface area (Å²) in [6, 6.07) is 2.27. The lowest BCUT2D eigenvalue weighted by Crippen LogP contribution is -2.52. The number of nitrogens with two attached hydrogens (primary N) is 1. The van der Waals surface area contributed by atoms with E-state index < -0.39 is 49.1 Å². The lowest BCUT2D eigenvalue weighted by atomic mass is 10.1. The highest BCUT2D eigenvalue weighted by Crippen LogP contribution is 2.33. The molecule has 0 saturated carbocycles. The van der Waals surface area contributed by atoms with Crippen LogP contribution in [0.25, 0.3) is 0 Å². The minimum absolute atomic E-state index is 0.0137. The van der Waals surface area contributed by atoms with Crippen molar-refractivity contribution in [2.45, 2.75) is 32.5 Å². The van der Waals surface area contributed by atoms with Crippen LogP contribution in [0.5, 0.6) is 0 Å². The predicted molar refractivity (Wildman–Crippen MR) is 109 cm³/mol. The summed E-state index contributed by atoms with van der Waals surface area (Å²) >= 11 is 0. The molecule has 1 saturated heterocycles. The van der Waals surface area contributed by atoms with Gasteiger partial charge >= 0.3 is 6.18 Å². The number of rotatable bonds is 9. The number of hydrogen-bond acceptors (Lipinski definition) is 5. The van der Waals surface area contributed by atoms with Gasteiger partial charge in [0, 0.05) is 30.9 Å². The van der Waals surface area contributed by atoms with E-state index >= 15 is 0 Å². The molecule has 1 heterocycles. The van der Waals surface area contributed by atoms with Gasteiger partial charge in [-0.05, 0) is 24.1 Å². The van der Waals surface area contributed by atoms with E-state index in [0.29, 0.717) is 0 Å². The summed E-state index contributed by atoms with van der Waals surface area (Å²) in [5.74, 6) is -1.49. The average Bonchev–Trinajstić information content (AvgIpc) is 2.67. The zero-order valence-corrected chi connectivity index (χ0v) is 17.8. The van der Waals surface area contributed by atoms with Gasteiger partial charge in [0.05, 0.1) is 18.8 Å². The molecule has 1 aromatic rings. The second-order valence-corrected chi connectivity index (χ2v) is 7.85. The zero-order chi connectivity index (χ0) is 24.1. The molecular weight excluding hydrogens is 439 g/mol. The lowest BCUT2D eigenvalue weighted by Gasteiger charge is -2.32. The normalized spacial score (nSPS) is 16.2. The Kier molecular flexibility index (Phi) is 8.93. The maximum absolute atomic E-state index is 13.7. The van der Waals surface area contributed by atoms with Crippen molar-refractivity contribution in [2.75, 3.05) is 49.6 Å². The number of hydrogen-bond donors (Lipinski definition) is 2. The van der Waals surface area contributed by atoms with Crippen LogP contribution >= 0.6 is 0 Å². The molecule has 0 radical (unpaired) electrons. The van der Waals surface area contributed by atoms with Crippen LogP contribution in [0.2, 0.25) is 0 Å². The Bertz CT molecular complexity index is 804. The first-order valence-corrected chi connectivity index (χ1v) is 10.0. The highest BCUT2D eigenvalue weighted by Gasteiger charge is 2.36. The number of ether oxygens (including phenoxy) is 1. The van der Waals surface area contributed by atoms with Crippen LogP contribution in [-0.4, -0.2) is 68.3 Å². The summed E-state index contributed by atoms with van der Waals surface area (Å²) in [5.41, 5.74) is 5.05. The van der Waals surface area contributed by atoms with Gasteiger partial charge in [0.15, 0.2) is 0 Å². The SMILES string of the molecule is CC(C)CN(CC(F)(F)F)[C@H](CN)C(=O)Nc1ccc(N2CCOCC2=O)c(C(F)F)c1. The number of carbonyl (C=O) groups excluding carboxylic acids is 2. The second-order valence-electron chi connectivity index (χ2n) is 7.85. The van der Waals surface area contributed by atoms with Gasteiger partial charge in [-0.1, -0.05) is 13.8 Å². The molecule has 1 aliphatic heterocycles. The minimum Gasteiger partial charge on any atom is -0.370 e. The molecule has 2 rings (SSSR count). The van der Waals surface area contributed by atoms with Crippen molar-refractivity contribution < 1.29 is 36.3 Å². The van der Waals surface area contributed by atoms with Crippen LogP contribution in [0.15, 0.2) is 18.2 Å². The van der Waals surface area contributed by atoms with Crippen molar-refractivity contribution >= 4 is 23.2 Å². The van der Waals surface area contributed by atoms with Crippen LogP contribution in [0, 0.1) is 5.92 Å². The van der Waals surface area contributed by atoms with Gasteiger partial charge in [-0.15, -0.1) is 0 Å². The molecular formula is C20H27F5N4O3. The van der Waals surface area contributed by atoms with Crippen LogP contribution < -0.4 is 16.0 Å². The van der Waals surface area contributed by atoms with Crippen LogP contribution in [-0.2, 0) is 14.3 Å². The first-order valence-electron chi connectivity index (χ1n) is 10.0. The Labute approximate surface area is 182 Å². The Morgan fingerprint density at radius 2 is 2.00 bits per heavy atom. The number of alkyl halides is 5. The number of carbonyl (C=O) groups is 2. The van der Waals surface area contributed by atoms with Crippen molar-refractivity contribution in [2.24, 2.45) is 11.7 Å². The van der Waals surface area contributed by atoms with E-state index in [0.717, 1.165) is 11.0 Å². The number of nitrogens with one attached hydrogen (secondary N) is 1. The summed E-state index contributed by atoms with van der Waals surface area (Å²) in [4.78, 5) is 26.8. The molecule has 180 valence electrons. The molecule has 12 heteroatoms. The molecule has 0 unspecified atom stereocenters. The van der Waals surface area contributed by atoms with E-state index in [1.165, 1.54) is 17.0 Å². The highest BCUT2D eigenvalue weighted by molar-refractivity contribution is 5.97. The van der Waals surface area contributed by atoms with Crippen molar-refractivity contribution in [3.05, 3.63) is 23.8 Å². The third kappa shape index (κ3) is 7.10. The van der Waals surface area contributed by atoms with Crippen molar-refractivity contribution in [3.8, 4) is 0 Å². The van der Waals surface area contributed by atoms with E-state index in [9.17, 15) is 31.5 Å². The summed E-state index contributed by atoms with van der Waals surface area (Å²) in [6.45, 7) is 1.71. The molecule has 0 aromatic heterocycles. The minimum atomic E-state index is -4.54. The van der Waals surface area contributed by atoms with Crippen molar-refractivity contribution in [3.63, 3.8) is 0 Å². The summed E-state index contributed by atoms with van der Waals surface area (Å²) in [6.07, 6.45) is -7.50. The summed E-state index contributed by atoms with van der Waals surface area (Å²) in [7, 11) is 0. The number of nitrogens with zero attached hydrogens (tertiary/aromatic N) is 2. The molecule has 7 nitrogen and oxygen atoms in total. The van der Waals surface area contributed by atoms with E-state index in [1.807, 2.05) is 0 Å². The molecule has 0 bridgehead atoms. The number of anilines is 2. The Morgan fingerprint density at radius 3 is 2.53 bits per heavy atom. The van der Waals surface area contributed by atoms with E-state index in [2.05, 4.69) is 5.32 Å². The Morgan fingerprint density at radius 1 is 1.31 bits per heavy atom. The molecule has 1 aromatic carbocycles. The van der Waals surface area contributed by atoms with Crippen molar-refractivity contribution in [1.29, 1.82) is 0 Å². The first kappa shape index (κ1) is 25.9. The Hall–Kier alpha value is -2.31. The van der Waals surface area contributed by atoms with Gasteiger partial charge in [-0.3, -0.25) is 14.5 Å². The molecule has 1 fully saturated rings. The maximum atomic E-state index is 13.7. The maximum Gasteiger partial charge on any atom is 0.401 e.